The van der Waals surface area contributed by atoms with Crippen molar-refractivity contribution in [1.29, 1.82) is 0 Å². The summed E-state index contributed by atoms with van der Waals surface area (Å²) < 4.78 is 1.16. The minimum atomic E-state index is 0.401. The maximum absolute atomic E-state index is 10.4. The molecule has 0 saturated heterocycles. The molecule has 3 aliphatic carbocycles. The van der Waals surface area contributed by atoms with Crippen LogP contribution in [0.25, 0.3) is 6.08 Å². The van der Waals surface area contributed by atoms with Crippen molar-refractivity contribution in [3.05, 3.63) is 70.2 Å². The van der Waals surface area contributed by atoms with Gasteiger partial charge < -0.3 is 5.32 Å². The average molecular weight is 423 g/mol. The molecule has 3 aliphatic rings. The molecular weight excluding hydrogens is 398 g/mol. The van der Waals surface area contributed by atoms with E-state index in [0.717, 1.165) is 22.3 Å². The van der Waals surface area contributed by atoms with Crippen LogP contribution >= 0.6 is 15.9 Å². The molecular formula is C24H25BrNO. The van der Waals surface area contributed by atoms with Gasteiger partial charge in [0.1, 0.15) is 0 Å². The van der Waals surface area contributed by atoms with Crippen LogP contribution in [0.15, 0.2) is 59.1 Å². The predicted octanol–water partition coefficient (Wildman–Crippen LogP) is 6.28. The third kappa shape index (κ3) is 3.89. The highest BCUT2D eigenvalue weighted by Crippen LogP contribution is 2.57. The minimum Gasteiger partial charge on any atom is -0.384 e. The summed E-state index contributed by atoms with van der Waals surface area (Å²) >= 11 is 3.56. The lowest BCUT2D eigenvalue weighted by molar-refractivity contribution is 0.0506. The summed E-state index contributed by atoms with van der Waals surface area (Å²) in [5, 5.41) is 3.67. The number of benzene rings is 2. The summed E-state index contributed by atoms with van der Waals surface area (Å²) in [5.41, 5.74) is 4.52. The zero-order chi connectivity index (χ0) is 18.7. The Balaban J connectivity index is 1.40. The topological polar surface area (TPSA) is 29.1 Å². The molecule has 1 radical (unpaired) electrons. The Kier molecular flexibility index (Phi) is 5.23. The van der Waals surface area contributed by atoms with Crippen molar-refractivity contribution in [3.8, 4) is 0 Å². The molecule has 3 saturated carbocycles. The van der Waals surface area contributed by atoms with E-state index in [4.69, 9.17) is 0 Å². The number of carbonyl (C=O) groups excluding carboxylic acids is 1. The van der Waals surface area contributed by atoms with Gasteiger partial charge in [-0.05, 0) is 90.8 Å². The van der Waals surface area contributed by atoms with Crippen molar-refractivity contribution in [2.45, 2.75) is 43.9 Å². The monoisotopic (exact) mass is 422 g/mol. The molecule has 0 heterocycles. The Hall–Kier alpha value is -1.87. The fraction of sp³-hybridized carbons (Fsp3) is 0.375. The molecule has 0 aromatic heterocycles. The van der Waals surface area contributed by atoms with Gasteiger partial charge in [0.05, 0.1) is 0 Å². The van der Waals surface area contributed by atoms with E-state index in [2.05, 4.69) is 57.6 Å². The number of nitrogens with one attached hydrogen (secondary N) is 1. The van der Waals surface area contributed by atoms with Crippen LogP contribution in [-0.4, -0.2) is 12.8 Å². The van der Waals surface area contributed by atoms with Crippen LogP contribution in [0.3, 0.4) is 0 Å². The second kappa shape index (κ2) is 7.63. The standard InChI is InChI=1S/C24H25BrNO/c25-21-8-6-20(7-9-21)24-13-10-23(11-14-24,12-15-24)18-26-22-5-1-3-19(17-22)4-2-16-27/h1-9,17,26H,10-15,18H2/b4-2+. The summed E-state index contributed by atoms with van der Waals surface area (Å²) in [6, 6.07) is 17.2. The molecule has 0 amide bonds. The van der Waals surface area contributed by atoms with E-state index in [-0.39, 0.29) is 0 Å². The number of hydrogen-bond donors (Lipinski definition) is 1. The molecule has 0 aliphatic heterocycles. The second-order valence-electron chi connectivity index (χ2n) is 8.22. The average Bonchev–Trinajstić information content (AvgIpc) is 2.73. The SMILES string of the molecule is O=[C]/C=C/c1cccc(NCC23CCC(c4ccc(Br)cc4)(CC2)CC3)c1. The van der Waals surface area contributed by atoms with Crippen LogP contribution in [0.1, 0.15) is 49.7 Å². The first kappa shape index (κ1) is 18.5. The van der Waals surface area contributed by atoms with E-state index >= 15 is 0 Å². The van der Waals surface area contributed by atoms with Crippen LogP contribution < -0.4 is 5.32 Å². The number of hydrogen-bond acceptors (Lipinski definition) is 2. The largest absolute Gasteiger partial charge is 0.384 e. The summed E-state index contributed by atoms with van der Waals surface area (Å²) in [7, 11) is 0. The smallest absolute Gasteiger partial charge is 0.225 e. The van der Waals surface area contributed by atoms with E-state index < -0.39 is 0 Å². The zero-order valence-corrected chi connectivity index (χ0v) is 17.1. The minimum absolute atomic E-state index is 0.401. The molecule has 3 heteroatoms. The molecule has 27 heavy (non-hydrogen) atoms. The number of allylic oxidation sites excluding steroid dienone is 1. The second-order valence-corrected chi connectivity index (χ2v) is 9.13. The zero-order valence-electron chi connectivity index (χ0n) is 15.5. The van der Waals surface area contributed by atoms with Crippen LogP contribution in [0.2, 0.25) is 0 Å². The number of anilines is 1. The molecule has 1 N–H and O–H groups in total. The van der Waals surface area contributed by atoms with Gasteiger partial charge in [-0.3, -0.25) is 4.79 Å². The van der Waals surface area contributed by atoms with Gasteiger partial charge >= 0.3 is 0 Å². The molecule has 2 aromatic rings. The third-order valence-corrected chi connectivity index (χ3v) is 7.28. The van der Waals surface area contributed by atoms with Gasteiger partial charge in [-0.15, -0.1) is 0 Å². The molecule has 3 fully saturated rings. The highest BCUT2D eigenvalue weighted by atomic mass is 79.9. The molecule has 2 nitrogen and oxygen atoms in total. The summed E-state index contributed by atoms with van der Waals surface area (Å²) in [6.45, 7) is 1.04. The van der Waals surface area contributed by atoms with Crippen molar-refractivity contribution < 1.29 is 4.79 Å². The lowest BCUT2D eigenvalue weighted by atomic mass is 9.52. The first-order valence-corrected chi connectivity index (χ1v) is 10.6. The van der Waals surface area contributed by atoms with Crippen molar-refractivity contribution in [3.63, 3.8) is 0 Å². The first-order chi connectivity index (χ1) is 13.1. The number of fused-ring (bicyclic) bond motifs is 3. The van der Waals surface area contributed by atoms with Gasteiger partial charge in [0.25, 0.3) is 0 Å². The van der Waals surface area contributed by atoms with Gasteiger partial charge in [-0.2, -0.15) is 0 Å². The van der Waals surface area contributed by atoms with Crippen LogP contribution in [-0.2, 0) is 10.2 Å². The van der Waals surface area contributed by atoms with E-state index in [0.29, 0.717) is 10.8 Å². The predicted molar refractivity (Wildman–Crippen MR) is 116 cm³/mol. The van der Waals surface area contributed by atoms with Gasteiger partial charge in [0, 0.05) is 16.7 Å². The number of rotatable bonds is 6. The fourth-order valence-electron chi connectivity index (χ4n) is 4.94. The van der Waals surface area contributed by atoms with E-state index in [1.54, 1.807) is 12.4 Å². The molecule has 2 bridgehead atoms. The van der Waals surface area contributed by atoms with Gasteiger partial charge in [0.2, 0.25) is 6.29 Å². The highest BCUT2D eigenvalue weighted by Gasteiger charge is 2.48. The third-order valence-electron chi connectivity index (χ3n) is 6.76. The van der Waals surface area contributed by atoms with Crippen LogP contribution in [0.5, 0.6) is 0 Å². The Morgan fingerprint density at radius 3 is 2.37 bits per heavy atom. The molecule has 0 unspecified atom stereocenters. The van der Waals surface area contributed by atoms with Crippen LogP contribution in [0, 0.1) is 5.41 Å². The quantitative estimate of drug-likeness (QED) is 0.555. The van der Waals surface area contributed by atoms with Gasteiger partial charge in [0.15, 0.2) is 0 Å². The van der Waals surface area contributed by atoms with Crippen LogP contribution in [0.4, 0.5) is 5.69 Å². The van der Waals surface area contributed by atoms with Crippen molar-refractivity contribution in [1.82, 2.24) is 0 Å². The normalized spacial score (nSPS) is 27.0. The molecule has 0 spiro atoms. The number of halogens is 1. The Bertz CT molecular complexity index is 815. The van der Waals surface area contributed by atoms with E-state index in [9.17, 15) is 4.79 Å². The highest BCUT2D eigenvalue weighted by molar-refractivity contribution is 9.10. The first-order valence-electron chi connectivity index (χ1n) is 9.77. The Morgan fingerprint density at radius 2 is 1.70 bits per heavy atom. The van der Waals surface area contributed by atoms with Crippen molar-refractivity contribution in [2.75, 3.05) is 11.9 Å². The molecule has 0 atom stereocenters. The van der Waals surface area contributed by atoms with Crippen molar-refractivity contribution >= 4 is 34.0 Å². The molecule has 5 rings (SSSR count). The Labute approximate surface area is 170 Å². The lowest BCUT2D eigenvalue weighted by Crippen LogP contribution is -2.47. The van der Waals surface area contributed by atoms with E-state index in [1.807, 2.05) is 12.1 Å². The van der Waals surface area contributed by atoms with E-state index in [1.165, 1.54) is 50.2 Å². The summed E-state index contributed by atoms with van der Waals surface area (Å²) in [6.07, 6.45) is 12.8. The fourth-order valence-corrected chi connectivity index (χ4v) is 5.20. The summed E-state index contributed by atoms with van der Waals surface area (Å²) in [5.74, 6) is 0. The Morgan fingerprint density at radius 1 is 1.00 bits per heavy atom. The lowest BCUT2D eigenvalue weighted by Gasteiger charge is -2.54. The molecule has 2 aromatic carbocycles. The van der Waals surface area contributed by atoms with Gasteiger partial charge in [-0.25, -0.2) is 0 Å². The maximum atomic E-state index is 10.4. The maximum Gasteiger partial charge on any atom is 0.225 e. The summed E-state index contributed by atoms with van der Waals surface area (Å²) in [4.78, 5) is 10.4. The molecule has 139 valence electrons. The van der Waals surface area contributed by atoms with Crippen molar-refractivity contribution in [2.24, 2.45) is 5.41 Å². The van der Waals surface area contributed by atoms with Gasteiger partial charge in [-0.1, -0.05) is 46.3 Å².